The standard InChI is InChI=1S/C16H17N3O3/c20-15(13-10-17-14-6-1-2-7-19(13)14)18-9-11-4-3-5-12(8-11)16(21)22/h3-5,8,10H,1-2,6-7,9H2,(H,18,20)(H,21,22). The van der Waals surface area contributed by atoms with Crippen molar-refractivity contribution in [2.24, 2.45) is 0 Å². The van der Waals surface area contributed by atoms with Crippen LogP contribution in [0.4, 0.5) is 0 Å². The van der Waals surface area contributed by atoms with E-state index in [4.69, 9.17) is 5.11 Å². The van der Waals surface area contributed by atoms with Crippen LogP contribution in [0.3, 0.4) is 0 Å². The van der Waals surface area contributed by atoms with Gasteiger partial charge in [-0.3, -0.25) is 4.79 Å². The van der Waals surface area contributed by atoms with E-state index >= 15 is 0 Å². The number of nitrogens with zero attached hydrogens (tertiary/aromatic N) is 2. The summed E-state index contributed by atoms with van der Waals surface area (Å²) in [6.45, 7) is 1.12. The Labute approximate surface area is 127 Å². The van der Waals surface area contributed by atoms with E-state index < -0.39 is 5.97 Å². The van der Waals surface area contributed by atoms with Crippen molar-refractivity contribution < 1.29 is 14.7 Å². The second kappa shape index (κ2) is 6.01. The van der Waals surface area contributed by atoms with Crippen LogP contribution in [0.15, 0.2) is 30.5 Å². The van der Waals surface area contributed by atoms with Crippen LogP contribution in [0.2, 0.25) is 0 Å². The number of fused-ring (bicyclic) bond motifs is 1. The van der Waals surface area contributed by atoms with Crippen molar-refractivity contribution in [1.82, 2.24) is 14.9 Å². The zero-order valence-electron chi connectivity index (χ0n) is 12.1. The fourth-order valence-electron chi connectivity index (χ4n) is 2.68. The molecule has 22 heavy (non-hydrogen) atoms. The van der Waals surface area contributed by atoms with E-state index in [2.05, 4.69) is 10.3 Å². The summed E-state index contributed by atoms with van der Waals surface area (Å²) in [4.78, 5) is 27.5. The third-order valence-electron chi connectivity index (χ3n) is 3.83. The number of aryl methyl sites for hydroxylation is 1. The predicted octanol–water partition coefficient (Wildman–Crippen LogP) is 1.85. The lowest BCUT2D eigenvalue weighted by Crippen LogP contribution is -2.27. The van der Waals surface area contributed by atoms with Gasteiger partial charge in [-0.05, 0) is 30.5 Å². The minimum atomic E-state index is -0.974. The molecule has 2 heterocycles. The second-order valence-corrected chi connectivity index (χ2v) is 5.36. The summed E-state index contributed by atoms with van der Waals surface area (Å²) in [5, 5.41) is 11.8. The highest BCUT2D eigenvalue weighted by molar-refractivity contribution is 5.92. The van der Waals surface area contributed by atoms with E-state index in [1.165, 1.54) is 6.07 Å². The molecule has 3 rings (SSSR count). The van der Waals surface area contributed by atoms with Gasteiger partial charge in [-0.2, -0.15) is 0 Å². The van der Waals surface area contributed by atoms with Crippen LogP contribution in [-0.2, 0) is 19.5 Å². The summed E-state index contributed by atoms with van der Waals surface area (Å²) in [6.07, 6.45) is 4.70. The first-order valence-electron chi connectivity index (χ1n) is 7.30. The highest BCUT2D eigenvalue weighted by Gasteiger charge is 2.18. The Morgan fingerprint density at radius 2 is 2.18 bits per heavy atom. The first-order valence-corrected chi connectivity index (χ1v) is 7.30. The molecule has 1 aliphatic heterocycles. The molecule has 114 valence electrons. The molecule has 1 aliphatic rings. The van der Waals surface area contributed by atoms with Gasteiger partial charge in [0.2, 0.25) is 0 Å². The highest BCUT2D eigenvalue weighted by Crippen LogP contribution is 2.16. The van der Waals surface area contributed by atoms with E-state index in [-0.39, 0.29) is 11.5 Å². The fourth-order valence-corrected chi connectivity index (χ4v) is 2.68. The quantitative estimate of drug-likeness (QED) is 0.902. The topological polar surface area (TPSA) is 84.2 Å². The molecule has 0 fully saturated rings. The van der Waals surface area contributed by atoms with E-state index in [0.717, 1.165) is 37.2 Å². The molecule has 0 spiro atoms. The lowest BCUT2D eigenvalue weighted by molar-refractivity contribution is 0.0696. The number of hydrogen-bond acceptors (Lipinski definition) is 3. The van der Waals surface area contributed by atoms with Crippen LogP contribution < -0.4 is 5.32 Å². The molecule has 0 saturated carbocycles. The maximum absolute atomic E-state index is 12.3. The van der Waals surface area contributed by atoms with Crippen molar-refractivity contribution in [3.63, 3.8) is 0 Å². The number of carboxylic acids is 1. The lowest BCUT2D eigenvalue weighted by Gasteiger charge is -2.16. The van der Waals surface area contributed by atoms with E-state index in [9.17, 15) is 9.59 Å². The number of imidazole rings is 1. The number of carbonyl (C=O) groups excluding carboxylic acids is 1. The van der Waals surface area contributed by atoms with Gasteiger partial charge in [0, 0.05) is 19.5 Å². The zero-order chi connectivity index (χ0) is 15.5. The highest BCUT2D eigenvalue weighted by atomic mass is 16.4. The summed E-state index contributed by atoms with van der Waals surface area (Å²) in [5.41, 5.74) is 1.55. The van der Waals surface area contributed by atoms with Gasteiger partial charge in [-0.15, -0.1) is 0 Å². The number of nitrogens with one attached hydrogen (secondary N) is 1. The molecule has 6 heteroatoms. The Kier molecular flexibility index (Phi) is 3.91. The number of aromatic carboxylic acids is 1. The first-order chi connectivity index (χ1) is 10.6. The van der Waals surface area contributed by atoms with Gasteiger partial charge in [0.05, 0.1) is 11.8 Å². The molecule has 0 aliphatic carbocycles. The number of hydrogen-bond donors (Lipinski definition) is 2. The number of aromatic nitrogens is 2. The largest absolute Gasteiger partial charge is 0.478 e. The average Bonchev–Trinajstić information content (AvgIpc) is 2.97. The van der Waals surface area contributed by atoms with Crippen LogP contribution >= 0.6 is 0 Å². The van der Waals surface area contributed by atoms with Gasteiger partial charge in [-0.1, -0.05) is 12.1 Å². The number of benzene rings is 1. The van der Waals surface area contributed by atoms with Gasteiger partial charge in [0.15, 0.2) is 0 Å². The van der Waals surface area contributed by atoms with Crippen molar-refractivity contribution in [1.29, 1.82) is 0 Å². The maximum Gasteiger partial charge on any atom is 0.335 e. The van der Waals surface area contributed by atoms with Crippen molar-refractivity contribution >= 4 is 11.9 Å². The molecule has 2 aromatic rings. The monoisotopic (exact) mass is 299 g/mol. The predicted molar refractivity (Wildman–Crippen MR) is 79.7 cm³/mol. The van der Waals surface area contributed by atoms with Crippen molar-refractivity contribution in [2.75, 3.05) is 0 Å². The maximum atomic E-state index is 12.3. The van der Waals surface area contributed by atoms with Gasteiger partial charge in [0.1, 0.15) is 11.5 Å². The number of rotatable bonds is 4. The molecule has 0 unspecified atom stereocenters. The average molecular weight is 299 g/mol. The Balaban J connectivity index is 1.69. The van der Waals surface area contributed by atoms with E-state index in [1.54, 1.807) is 24.4 Å². The minimum Gasteiger partial charge on any atom is -0.478 e. The third kappa shape index (κ3) is 2.86. The van der Waals surface area contributed by atoms with Crippen molar-refractivity contribution in [3.8, 4) is 0 Å². The molecule has 2 N–H and O–H groups in total. The van der Waals surface area contributed by atoms with Gasteiger partial charge < -0.3 is 15.0 Å². The Hall–Kier alpha value is -2.63. The summed E-state index contributed by atoms with van der Waals surface area (Å²) in [5.74, 6) is -0.191. The molecular formula is C16H17N3O3. The zero-order valence-corrected chi connectivity index (χ0v) is 12.1. The van der Waals surface area contributed by atoms with Crippen LogP contribution in [0, 0.1) is 0 Å². The summed E-state index contributed by atoms with van der Waals surface area (Å²) in [7, 11) is 0. The van der Waals surface area contributed by atoms with E-state index in [1.807, 2.05) is 4.57 Å². The van der Waals surface area contributed by atoms with Crippen LogP contribution in [0.25, 0.3) is 0 Å². The van der Waals surface area contributed by atoms with Crippen LogP contribution in [-0.4, -0.2) is 26.5 Å². The van der Waals surface area contributed by atoms with E-state index in [0.29, 0.717) is 12.2 Å². The number of amides is 1. The Bertz CT molecular complexity index is 721. The number of carbonyl (C=O) groups is 2. The summed E-state index contributed by atoms with van der Waals surface area (Å²) in [6, 6.07) is 6.56. The van der Waals surface area contributed by atoms with Crippen LogP contribution in [0.5, 0.6) is 0 Å². The molecule has 6 nitrogen and oxygen atoms in total. The molecule has 0 atom stereocenters. The molecule has 1 aromatic heterocycles. The van der Waals surface area contributed by atoms with Crippen molar-refractivity contribution in [3.05, 3.63) is 53.1 Å². The minimum absolute atomic E-state index is 0.179. The van der Waals surface area contributed by atoms with Crippen LogP contribution in [0.1, 0.15) is 45.1 Å². The Morgan fingerprint density at radius 3 is 3.00 bits per heavy atom. The van der Waals surface area contributed by atoms with Gasteiger partial charge >= 0.3 is 5.97 Å². The molecule has 0 radical (unpaired) electrons. The Morgan fingerprint density at radius 1 is 1.32 bits per heavy atom. The smallest absolute Gasteiger partial charge is 0.335 e. The third-order valence-corrected chi connectivity index (χ3v) is 3.83. The molecule has 0 bridgehead atoms. The normalized spacial score (nSPS) is 13.5. The summed E-state index contributed by atoms with van der Waals surface area (Å²) < 4.78 is 1.96. The lowest BCUT2D eigenvalue weighted by atomic mass is 10.1. The molecule has 1 amide bonds. The molecular weight excluding hydrogens is 282 g/mol. The number of carboxylic acid groups (broad SMARTS) is 1. The SMILES string of the molecule is O=C(O)c1cccc(CNC(=O)c2cnc3n2CCCC3)c1. The molecule has 1 aromatic carbocycles. The van der Waals surface area contributed by atoms with Crippen molar-refractivity contribution in [2.45, 2.75) is 32.4 Å². The molecule has 0 saturated heterocycles. The van der Waals surface area contributed by atoms with Gasteiger partial charge in [-0.25, -0.2) is 9.78 Å². The fraction of sp³-hybridized carbons (Fsp3) is 0.312. The first kappa shape index (κ1) is 14.3. The van der Waals surface area contributed by atoms with Gasteiger partial charge in [0.25, 0.3) is 5.91 Å². The summed E-state index contributed by atoms with van der Waals surface area (Å²) >= 11 is 0. The second-order valence-electron chi connectivity index (χ2n) is 5.36.